The van der Waals surface area contributed by atoms with Gasteiger partial charge in [-0.05, 0) is 5.41 Å². The molecule has 0 aromatic heterocycles. The van der Waals surface area contributed by atoms with E-state index in [-0.39, 0.29) is 11.2 Å². The summed E-state index contributed by atoms with van der Waals surface area (Å²) in [6, 6.07) is 0. The topological polar surface area (TPSA) is 54.4 Å². The van der Waals surface area contributed by atoms with Crippen LogP contribution in [0.25, 0.3) is 0 Å². The molecule has 3 nitrogen and oxygen atoms in total. The van der Waals surface area contributed by atoms with Crippen molar-refractivity contribution in [2.75, 3.05) is 0 Å². The summed E-state index contributed by atoms with van der Waals surface area (Å²) < 4.78 is 0. The molecule has 1 aliphatic rings. The van der Waals surface area contributed by atoms with Crippen LogP contribution in [0.3, 0.4) is 0 Å². The van der Waals surface area contributed by atoms with Gasteiger partial charge in [0.25, 0.3) is 0 Å². The average Bonchev–Trinajstić information content (AvgIpc) is 1.58. The van der Waals surface area contributed by atoms with Gasteiger partial charge in [-0.2, -0.15) is 0 Å². The van der Waals surface area contributed by atoms with Gasteiger partial charge in [-0.25, -0.2) is 0 Å². The highest BCUT2D eigenvalue weighted by atomic mass is 16.4. The first-order valence-electron chi connectivity index (χ1n) is 3.20. The Morgan fingerprint density at radius 3 is 2.30 bits per heavy atom. The first-order valence-corrected chi connectivity index (χ1v) is 3.20. The zero-order chi connectivity index (χ0) is 7.94. The van der Waals surface area contributed by atoms with Crippen LogP contribution >= 0.6 is 0 Å². The molecule has 0 bridgehead atoms. The van der Waals surface area contributed by atoms with Crippen LogP contribution in [0.15, 0.2) is 0 Å². The standard InChI is InChI=1S/C7H10O3/c1-7(2)3-4(8)5(7)6(9)10/h5H,3H2,1-2H3,(H,9,10). The minimum Gasteiger partial charge on any atom is -0.481 e. The Labute approximate surface area is 59.0 Å². The molecular formula is C7H10O3. The smallest absolute Gasteiger partial charge is 0.314 e. The van der Waals surface area contributed by atoms with Crippen molar-refractivity contribution in [2.45, 2.75) is 20.3 Å². The van der Waals surface area contributed by atoms with Crippen LogP contribution in [0.5, 0.6) is 0 Å². The molecule has 1 unspecified atom stereocenters. The van der Waals surface area contributed by atoms with Gasteiger partial charge in [0.05, 0.1) is 0 Å². The van der Waals surface area contributed by atoms with Crippen LogP contribution in [0, 0.1) is 11.3 Å². The van der Waals surface area contributed by atoms with Gasteiger partial charge in [-0.3, -0.25) is 9.59 Å². The molecule has 1 aliphatic carbocycles. The summed E-state index contributed by atoms with van der Waals surface area (Å²) in [5.74, 6) is -1.88. The summed E-state index contributed by atoms with van der Waals surface area (Å²) in [7, 11) is 0. The van der Waals surface area contributed by atoms with E-state index in [1.165, 1.54) is 0 Å². The molecule has 1 N–H and O–H groups in total. The second-order valence-corrected chi connectivity index (χ2v) is 3.40. The number of carboxylic acids is 1. The summed E-state index contributed by atoms with van der Waals surface area (Å²) in [4.78, 5) is 21.1. The van der Waals surface area contributed by atoms with Crippen molar-refractivity contribution >= 4 is 11.8 Å². The monoisotopic (exact) mass is 142 g/mol. The number of rotatable bonds is 1. The molecule has 0 aromatic carbocycles. The van der Waals surface area contributed by atoms with Crippen molar-refractivity contribution in [1.82, 2.24) is 0 Å². The summed E-state index contributed by atoms with van der Waals surface area (Å²) in [6.07, 6.45) is 0.407. The first kappa shape index (κ1) is 7.25. The third kappa shape index (κ3) is 0.818. The van der Waals surface area contributed by atoms with Crippen molar-refractivity contribution in [3.05, 3.63) is 0 Å². The molecule has 1 fully saturated rings. The number of carbonyl (C=O) groups excluding carboxylic acids is 1. The second-order valence-electron chi connectivity index (χ2n) is 3.40. The van der Waals surface area contributed by atoms with E-state index in [0.29, 0.717) is 6.42 Å². The normalized spacial score (nSPS) is 29.4. The van der Waals surface area contributed by atoms with Gasteiger partial charge >= 0.3 is 5.97 Å². The highest BCUT2D eigenvalue weighted by Gasteiger charge is 2.51. The number of aliphatic carboxylic acids is 1. The van der Waals surface area contributed by atoms with Crippen molar-refractivity contribution in [3.63, 3.8) is 0 Å². The Morgan fingerprint density at radius 2 is 2.20 bits per heavy atom. The average molecular weight is 142 g/mol. The Kier molecular flexibility index (Phi) is 1.31. The Hall–Kier alpha value is -0.860. The maximum atomic E-state index is 10.7. The third-order valence-corrected chi connectivity index (χ3v) is 1.98. The van der Waals surface area contributed by atoms with Crippen LogP contribution in [-0.2, 0) is 9.59 Å². The lowest BCUT2D eigenvalue weighted by Crippen LogP contribution is -2.48. The van der Waals surface area contributed by atoms with Gasteiger partial charge in [0.2, 0.25) is 0 Å². The minimum atomic E-state index is -0.985. The van der Waals surface area contributed by atoms with Crippen LogP contribution < -0.4 is 0 Å². The lowest BCUT2D eigenvalue weighted by atomic mass is 9.61. The quantitative estimate of drug-likeness (QED) is 0.548. The van der Waals surface area contributed by atoms with E-state index in [1.807, 2.05) is 0 Å². The highest BCUT2D eigenvalue weighted by molar-refractivity contribution is 6.04. The SMILES string of the molecule is CC1(C)CC(=O)C1C(=O)O. The van der Waals surface area contributed by atoms with Gasteiger partial charge in [0.1, 0.15) is 11.7 Å². The lowest BCUT2D eigenvalue weighted by Gasteiger charge is -2.39. The summed E-state index contributed by atoms with van der Waals surface area (Å²) >= 11 is 0. The van der Waals surface area contributed by atoms with E-state index in [0.717, 1.165) is 0 Å². The van der Waals surface area contributed by atoms with E-state index in [1.54, 1.807) is 13.8 Å². The molecular weight excluding hydrogens is 132 g/mol. The van der Waals surface area contributed by atoms with E-state index in [9.17, 15) is 9.59 Å². The zero-order valence-corrected chi connectivity index (χ0v) is 6.05. The third-order valence-electron chi connectivity index (χ3n) is 1.98. The summed E-state index contributed by atoms with van der Waals surface area (Å²) in [5, 5.41) is 8.52. The van der Waals surface area contributed by atoms with Gasteiger partial charge in [0, 0.05) is 6.42 Å². The molecule has 0 aromatic rings. The molecule has 56 valence electrons. The molecule has 10 heavy (non-hydrogen) atoms. The highest BCUT2D eigenvalue weighted by Crippen LogP contribution is 2.42. The van der Waals surface area contributed by atoms with E-state index in [2.05, 4.69) is 0 Å². The zero-order valence-electron chi connectivity index (χ0n) is 6.05. The van der Waals surface area contributed by atoms with E-state index in [4.69, 9.17) is 5.11 Å². The molecule has 3 heteroatoms. The predicted octanol–water partition coefficient (Wildman–Crippen LogP) is 0.686. The molecule has 1 atom stereocenters. The second kappa shape index (κ2) is 1.81. The molecule has 0 saturated heterocycles. The molecule has 0 heterocycles. The Balaban J connectivity index is 2.75. The van der Waals surface area contributed by atoms with Crippen molar-refractivity contribution in [1.29, 1.82) is 0 Å². The predicted molar refractivity (Wildman–Crippen MR) is 34.5 cm³/mol. The maximum Gasteiger partial charge on any atom is 0.314 e. The molecule has 0 radical (unpaired) electrons. The van der Waals surface area contributed by atoms with Crippen LogP contribution in [-0.4, -0.2) is 16.9 Å². The number of hydrogen-bond acceptors (Lipinski definition) is 2. The lowest BCUT2D eigenvalue weighted by molar-refractivity contribution is -0.160. The molecule has 1 saturated carbocycles. The summed E-state index contributed by atoms with van der Waals surface area (Å²) in [6.45, 7) is 3.60. The minimum absolute atomic E-state index is 0.141. The van der Waals surface area contributed by atoms with Crippen LogP contribution in [0.4, 0.5) is 0 Å². The Bertz CT molecular complexity index is 185. The molecule has 0 spiro atoms. The molecule has 0 amide bonds. The Morgan fingerprint density at radius 1 is 1.70 bits per heavy atom. The number of carboxylic acid groups (broad SMARTS) is 1. The number of ketones is 1. The van der Waals surface area contributed by atoms with E-state index < -0.39 is 11.9 Å². The fourth-order valence-electron chi connectivity index (χ4n) is 1.43. The fourth-order valence-corrected chi connectivity index (χ4v) is 1.43. The molecule has 0 aliphatic heterocycles. The first-order chi connectivity index (χ1) is 4.45. The van der Waals surface area contributed by atoms with Gasteiger partial charge in [-0.15, -0.1) is 0 Å². The van der Waals surface area contributed by atoms with Crippen molar-refractivity contribution in [3.8, 4) is 0 Å². The maximum absolute atomic E-state index is 10.7. The summed E-state index contributed by atoms with van der Waals surface area (Å²) in [5.41, 5.74) is -0.317. The van der Waals surface area contributed by atoms with Crippen LogP contribution in [0.1, 0.15) is 20.3 Å². The van der Waals surface area contributed by atoms with Crippen LogP contribution in [0.2, 0.25) is 0 Å². The van der Waals surface area contributed by atoms with Gasteiger partial charge < -0.3 is 5.11 Å². The largest absolute Gasteiger partial charge is 0.481 e. The molecule has 1 rings (SSSR count). The number of Topliss-reactive ketones (excluding diaryl/α,β-unsaturated/α-hetero) is 1. The fraction of sp³-hybridized carbons (Fsp3) is 0.714. The van der Waals surface area contributed by atoms with Crippen molar-refractivity contribution in [2.24, 2.45) is 11.3 Å². The number of carbonyl (C=O) groups is 2. The van der Waals surface area contributed by atoms with E-state index >= 15 is 0 Å². The van der Waals surface area contributed by atoms with Crippen molar-refractivity contribution < 1.29 is 14.7 Å². The van der Waals surface area contributed by atoms with Gasteiger partial charge in [-0.1, -0.05) is 13.8 Å². The number of hydrogen-bond donors (Lipinski definition) is 1. The van der Waals surface area contributed by atoms with Gasteiger partial charge in [0.15, 0.2) is 0 Å².